The summed E-state index contributed by atoms with van der Waals surface area (Å²) in [5.41, 5.74) is 0. The molecule has 0 amide bonds. The predicted molar refractivity (Wildman–Crippen MR) is 58.1 cm³/mol. The molecule has 16 heavy (non-hydrogen) atoms. The van der Waals surface area contributed by atoms with E-state index >= 15 is 0 Å². The second-order valence-electron chi connectivity index (χ2n) is 3.56. The van der Waals surface area contributed by atoms with Crippen LogP contribution in [0.4, 0.5) is 0 Å². The first-order chi connectivity index (χ1) is 7.61. The number of ether oxygens (including phenoxy) is 2. The molecule has 1 saturated heterocycles. The third-order valence-electron chi connectivity index (χ3n) is 2.42. The van der Waals surface area contributed by atoms with Crippen molar-refractivity contribution < 1.29 is 29.9 Å². The van der Waals surface area contributed by atoms with Crippen molar-refractivity contribution in [2.45, 2.75) is 30.7 Å². The van der Waals surface area contributed by atoms with Crippen LogP contribution in [0.3, 0.4) is 0 Å². The van der Waals surface area contributed by atoms with Gasteiger partial charge in [0, 0.05) is 5.75 Å². The Kier molecular flexibility index (Phi) is 5.98. The van der Waals surface area contributed by atoms with E-state index in [-0.39, 0.29) is 0 Å². The zero-order chi connectivity index (χ0) is 12.1. The van der Waals surface area contributed by atoms with Crippen molar-refractivity contribution in [2.75, 3.05) is 25.2 Å². The fourth-order valence-electron chi connectivity index (χ4n) is 1.45. The van der Waals surface area contributed by atoms with Crippen LogP contribution in [-0.4, -0.2) is 76.4 Å². The van der Waals surface area contributed by atoms with E-state index < -0.39 is 37.3 Å². The van der Waals surface area contributed by atoms with Gasteiger partial charge in [0.1, 0.15) is 24.4 Å². The molecular formula is C9H18O6S. The highest BCUT2D eigenvalue weighted by Gasteiger charge is 2.43. The Labute approximate surface area is 98.2 Å². The van der Waals surface area contributed by atoms with Crippen LogP contribution in [0.1, 0.15) is 0 Å². The molecule has 6 nitrogen and oxygen atoms in total. The van der Waals surface area contributed by atoms with Crippen molar-refractivity contribution in [1.29, 1.82) is 0 Å². The highest BCUT2D eigenvalue weighted by Crippen LogP contribution is 2.21. The summed E-state index contributed by atoms with van der Waals surface area (Å²) in [6.45, 7) is -0.0722. The van der Waals surface area contributed by atoms with Gasteiger partial charge in [-0.3, -0.25) is 0 Å². The van der Waals surface area contributed by atoms with E-state index in [1.54, 1.807) is 11.8 Å². The molecule has 0 aromatic rings. The third kappa shape index (κ3) is 3.30. The minimum atomic E-state index is -1.37. The molecule has 0 bridgehead atoms. The van der Waals surface area contributed by atoms with E-state index in [1.165, 1.54) is 0 Å². The van der Waals surface area contributed by atoms with Crippen LogP contribution in [-0.2, 0) is 9.47 Å². The van der Waals surface area contributed by atoms with Gasteiger partial charge < -0.3 is 29.9 Å². The monoisotopic (exact) mass is 254 g/mol. The molecule has 1 aliphatic heterocycles. The van der Waals surface area contributed by atoms with Crippen LogP contribution in [0.5, 0.6) is 0 Å². The molecule has 7 heteroatoms. The summed E-state index contributed by atoms with van der Waals surface area (Å²) in [5.74, 6) is 0.731. The highest BCUT2D eigenvalue weighted by atomic mass is 32.2. The molecule has 0 spiro atoms. The predicted octanol–water partition coefficient (Wildman–Crippen LogP) is -1.83. The minimum Gasteiger partial charge on any atom is -0.394 e. The van der Waals surface area contributed by atoms with Gasteiger partial charge in [0.05, 0.1) is 13.2 Å². The van der Waals surface area contributed by atoms with Crippen LogP contribution in [0.15, 0.2) is 0 Å². The van der Waals surface area contributed by atoms with Crippen LogP contribution < -0.4 is 0 Å². The molecule has 1 aliphatic rings. The maximum absolute atomic E-state index is 9.57. The first-order valence-corrected chi connectivity index (χ1v) is 6.42. The van der Waals surface area contributed by atoms with Crippen molar-refractivity contribution in [1.82, 2.24) is 0 Å². The quantitative estimate of drug-likeness (QED) is 0.428. The van der Waals surface area contributed by atoms with Crippen LogP contribution in [0, 0.1) is 0 Å². The van der Waals surface area contributed by atoms with Gasteiger partial charge in [-0.25, -0.2) is 0 Å². The molecule has 1 fully saturated rings. The minimum absolute atomic E-state index is 0.365. The Morgan fingerprint density at radius 1 is 1.19 bits per heavy atom. The lowest BCUT2D eigenvalue weighted by Gasteiger charge is -2.39. The number of hydrogen-bond acceptors (Lipinski definition) is 7. The van der Waals surface area contributed by atoms with Crippen LogP contribution in [0.2, 0.25) is 0 Å². The average molecular weight is 254 g/mol. The van der Waals surface area contributed by atoms with Gasteiger partial charge in [-0.2, -0.15) is 11.8 Å². The lowest BCUT2D eigenvalue weighted by atomic mass is 9.99. The fraction of sp³-hybridized carbons (Fsp3) is 1.00. The summed E-state index contributed by atoms with van der Waals surface area (Å²) in [7, 11) is 0. The molecule has 4 N–H and O–H groups in total. The van der Waals surface area contributed by atoms with E-state index in [0.717, 1.165) is 5.75 Å². The van der Waals surface area contributed by atoms with Crippen LogP contribution in [0.25, 0.3) is 0 Å². The Morgan fingerprint density at radius 3 is 2.44 bits per heavy atom. The van der Waals surface area contributed by atoms with Gasteiger partial charge in [0.25, 0.3) is 0 Å². The van der Waals surface area contributed by atoms with Gasteiger partial charge in [-0.15, -0.1) is 0 Å². The standard InChI is InChI=1S/C9H18O6S/c1-16-3-2-14-9-8(13)7(12)6(11)5(4-10)15-9/h5-13H,2-4H2,1H3/t5?,6?,7?,8?,9-/m1/s1. The molecule has 96 valence electrons. The summed E-state index contributed by atoms with van der Waals surface area (Å²) >= 11 is 1.58. The lowest BCUT2D eigenvalue weighted by Crippen LogP contribution is -2.59. The molecule has 0 saturated carbocycles. The smallest absolute Gasteiger partial charge is 0.186 e. The van der Waals surface area contributed by atoms with Crippen molar-refractivity contribution in [2.24, 2.45) is 0 Å². The van der Waals surface area contributed by atoms with Crippen LogP contribution >= 0.6 is 11.8 Å². The van der Waals surface area contributed by atoms with E-state index in [0.29, 0.717) is 6.61 Å². The Morgan fingerprint density at radius 2 is 1.88 bits per heavy atom. The number of rotatable bonds is 5. The molecule has 0 aliphatic carbocycles. The maximum Gasteiger partial charge on any atom is 0.186 e. The first kappa shape index (κ1) is 14.2. The molecule has 1 heterocycles. The third-order valence-corrected chi connectivity index (χ3v) is 2.99. The van der Waals surface area contributed by atoms with E-state index in [2.05, 4.69) is 0 Å². The van der Waals surface area contributed by atoms with Gasteiger partial charge >= 0.3 is 0 Å². The SMILES string of the molecule is CSCCO[C@@H]1OC(CO)C(O)C(O)C1O. The highest BCUT2D eigenvalue weighted by molar-refractivity contribution is 7.98. The lowest BCUT2D eigenvalue weighted by molar-refractivity contribution is -0.299. The van der Waals surface area contributed by atoms with Crippen molar-refractivity contribution >= 4 is 11.8 Å². The summed E-state index contributed by atoms with van der Waals surface area (Å²) in [4.78, 5) is 0. The molecule has 4 unspecified atom stereocenters. The Hall–Kier alpha value is 0.110. The number of aliphatic hydroxyl groups excluding tert-OH is 4. The van der Waals surface area contributed by atoms with Gasteiger partial charge in [0.2, 0.25) is 0 Å². The topological polar surface area (TPSA) is 99.4 Å². The molecule has 0 radical (unpaired) electrons. The number of aliphatic hydroxyl groups is 4. The number of thioether (sulfide) groups is 1. The zero-order valence-corrected chi connectivity index (χ0v) is 9.84. The summed E-state index contributed by atoms with van der Waals surface area (Å²) < 4.78 is 10.3. The second-order valence-corrected chi connectivity index (χ2v) is 4.55. The molecule has 1 rings (SSSR count). The van der Waals surface area contributed by atoms with E-state index in [9.17, 15) is 15.3 Å². The fourth-order valence-corrected chi connectivity index (χ4v) is 1.72. The number of hydrogen-bond donors (Lipinski definition) is 4. The molecule has 5 atom stereocenters. The van der Waals surface area contributed by atoms with Crippen molar-refractivity contribution in [3.63, 3.8) is 0 Å². The molecular weight excluding hydrogens is 236 g/mol. The molecule has 0 aromatic carbocycles. The largest absolute Gasteiger partial charge is 0.394 e. The zero-order valence-electron chi connectivity index (χ0n) is 9.02. The van der Waals surface area contributed by atoms with E-state index in [4.69, 9.17) is 14.6 Å². The maximum atomic E-state index is 9.57. The Bertz CT molecular complexity index is 202. The first-order valence-electron chi connectivity index (χ1n) is 5.03. The molecule has 0 aromatic heterocycles. The van der Waals surface area contributed by atoms with Gasteiger partial charge in [-0.1, -0.05) is 0 Å². The van der Waals surface area contributed by atoms with E-state index in [1.807, 2.05) is 6.26 Å². The summed E-state index contributed by atoms with van der Waals surface area (Å²) in [6.07, 6.45) is -4.01. The average Bonchev–Trinajstić information content (AvgIpc) is 2.29. The Balaban J connectivity index is 2.50. The summed E-state index contributed by atoms with van der Waals surface area (Å²) in [5, 5.41) is 37.4. The van der Waals surface area contributed by atoms with Gasteiger partial charge in [-0.05, 0) is 6.26 Å². The summed E-state index contributed by atoms with van der Waals surface area (Å²) in [6, 6.07) is 0. The second kappa shape index (κ2) is 6.75. The van der Waals surface area contributed by atoms with Crippen molar-refractivity contribution in [3.05, 3.63) is 0 Å². The normalized spacial score (nSPS) is 39.9. The van der Waals surface area contributed by atoms with Crippen molar-refractivity contribution in [3.8, 4) is 0 Å². The van der Waals surface area contributed by atoms with Gasteiger partial charge in [0.15, 0.2) is 6.29 Å².